The van der Waals surface area contributed by atoms with Crippen molar-refractivity contribution >= 4 is 18.6 Å². The quantitative estimate of drug-likeness (QED) is 0.613. The third-order valence-electron chi connectivity index (χ3n) is 5.06. The number of methoxy groups -OCH3 is 1. The van der Waals surface area contributed by atoms with E-state index < -0.39 is 24.3 Å². The van der Waals surface area contributed by atoms with Crippen LogP contribution in [-0.4, -0.2) is 38.0 Å². The third-order valence-corrected chi connectivity index (χ3v) is 5.06. The molecule has 0 spiro atoms. The van der Waals surface area contributed by atoms with Crippen molar-refractivity contribution in [1.82, 2.24) is 0 Å². The number of carbonyl (C=O) groups excluding carboxylic acids is 1. The molecule has 1 heterocycles. The van der Waals surface area contributed by atoms with E-state index in [0.717, 1.165) is 5.46 Å². The Bertz CT molecular complexity index is 620. The van der Waals surface area contributed by atoms with Crippen molar-refractivity contribution in [1.29, 1.82) is 0 Å². The first-order valence-corrected chi connectivity index (χ1v) is 8.43. The summed E-state index contributed by atoms with van der Waals surface area (Å²) in [6.45, 7) is 8.68. The molecule has 0 radical (unpaired) electrons. The summed E-state index contributed by atoms with van der Waals surface area (Å²) in [4.78, 5) is 12.0. The van der Waals surface area contributed by atoms with Crippen molar-refractivity contribution in [3.8, 4) is 5.75 Å². The van der Waals surface area contributed by atoms with Crippen molar-refractivity contribution in [2.45, 2.75) is 51.7 Å². The van der Waals surface area contributed by atoms with Gasteiger partial charge in [0.1, 0.15) is 5.75 Å². The van der Waals surface area contributed by atoms with E-state index in [1.165, 1.54) is 20.0 Å². The van der Waals surface area contributed by atoms with Gasteiger partial charge in [0.25, 0.3) is 0 Å². The first-order chi connectivity index (χ1) is 11.2. The van der Waals surface area contributed by atoms with Crippen LogP contribution in [0.3, 0.4) is 0 Å². The fraction of sp³-hybridized carbons (Fsp3) is 0.611. The van der Waals surface area contributed by atoms with E-state index in [0.29, 0.717) is 23.8 Å². The van der Waals surface area contributed by atoms with Gasteiger partial charge in [-0.2, -0.15) is 0 Å². The van der Waals surface area contributed by atoms with Gasteiger partial charge in [0.15, 0.2) is 0 Å². The second-order valence-corrected chi connectivity index (χ2v) is 7.62. The van der Waals surface area contributed by atoms with Crippen LogP contribution in [0, 0.1) is 5.92 Å². The lowest BCUT2D eigenvalue weighted by molar-refractivity contribution is 0.00578. The molecule has 1 aliphatic heterocycles. The highest BCUT2D eigenvalue weighted by molar-refractivity contribution is 6.62. The van der Waals surface area contributed by atoms with Gasteiger partial charge in [0, 0.05) is 0 Å². The molecule has 2 aliphatic rings. The standard InChI is InChI=1S/C18H25BO5/c1-17(2)18(3,4)24-19(23-17)14-8-13(16(20)21-5)9-15(10-14)22-11-12-6-7-12/h8-10,12H,6-7,11H2,1-5H3. The van der Waals surface area contributed by atoms with Crippen molar-refractivity contribution in [3.05, 3.63) is 23.8 Å². The van der Waals surface area contributed by atoms with E-state index in [1.54, 1.807) is 12.1 Å². The summed E-state index contributed by atoms with van der Waals surface area (Å²) < 4.78 is 22.9. The van der Waals surface area contributed by atoms with Gasteiger partial charge in [-0.1, -0.05) is 0 Å². The minimum absolute atomic E-state index is 0.398. The van der Waals surface area contributed by atoms with Crippen LogP contribution in [0.15, 0.2) is 18.2 Å². The molecular weight excluding hydrogens is 307 g/mol. The molecule has 0 amide bonds. The van der Waals surface area contributed by atoms with E-state index in [9.17, 15) is 4.79 Å². The summed E-state index contributed by atoms with van der Waals surface area (Å²) in [5.41, 5.74) is 0.333. The predicted molar refractivity (Wildman–Crippen MR) is 91.7 cm³/mol. The Morgan fingerprint density at radius 1 is 1.17 bits per heavy atom. The fourth-order valence-electron chi connectivity index (χ4n) is 2.55. The van der Waals surface area contributed by atoms with Gasteiger partial charge < -0.3 is 18.8 Å². The molecule has 0 unspecified atom stereocenters. The van der Waals surface area contributed by atoms with Crippen molar-refractivity contribution < 1.29 is 23.6 Å². The minimum Gasteiger partial charge on any atom is -0.493 e. The molecule has 0 N–H and O–H groups in total. The zero-order chi connectivity index (χ0) is 17.5. The molecule has 6 heteroatoms. The lowest BCUT2D eigenvalue weighted by Crippen LogP contribution is -2.41. The Balaban J connectivity index is 1.88. The molecule has 130 valence electrons. The Hall–Kier alpha value is -1.53. The zero-order valence-electron chi connectivity index (χ0n) is 15.0. The molecule has 0 aromatic heterocycles. The number of esters is 1. The molecular formula is C18H25BO5. The molecule has 1 aromatic rings. The summed E-state index contributed by atoms with van der Waals surface area (Å²) in [6.07, 6.45) is 2.42. The molecule has 0 atom stereocenters. The molecule has 1 saturated carbocycles. The van der Waals surface area contributed by atoms with Crippen LogP contribution in [0.2, 0.25) is 0 Å². The average Bonchev–Trinajstić information content (AvgIpc) is 3.31. The van der Waals surface area contributed by atoms with Gasteiger partial charge in [-0.3, -0.25) is 0 Å². The van der Waals surface area contributed by atoms with Gasteiger partial charge in [0.05, 0.1) is 30.5 Å². The summed E-state index contributed by atoms with van der Waals surface area (Å²) in [5, 5.41) is 0. The number of carbonyl (C=O) groups is 1. The molecule has 5 nitrogen and oxygen atoms in total. The van der Waals surface area contributed by atoms with Gasteiger partial charge in [-0.25, -0.2) is 4.79 Å². The number of rotatable bonds is 5. The molecule has 1 aromatic carbocycles. The molecule has 3 rings (SSSR count). The molecule has 0 bridgehead atoms. The molecule has 1 saturated heterocycles. The maximum atomic E-state index is 12.0. The molecule has 1 aliphatic carbocycles. The van der Waals surface area contributed by atoms with E-state index in [1.807, 2.05) is 33.8 Å². The lowest BCUT2D eigenvalue weighted by atomic mass is 9.78. The van der Waals surface area contributed by atoms with Gasteiger partial charge >= 0.3 is 13.1 Å². The number of ether oxygens (including phenoxy) is 2. The highest BCUT2D eigenvalue weighted by Gasteiger charge is 2.51. The first-order valence-electron chi connectivity index (χ1n) is 8.43. The Morgan fingerprint density at radius 3 is 2.33 bits per heavy atom. The predicted octanol–water partition coefficient (Wildman–Crippen LogP) is 2.56. The van der Waals surface area contributed by atoms with Crippen LogP contribution in [0.5, 0.6) is 5.75 Å². The summed E-state index contributed by atoms with van der Waals surface area (Å²) >= 11 is 0. The van der Waals surface area contributed by atoms with Gasteiger partial charge in [0.2, 0.25) is 0 Å². The Kier molecular flexibility index (Phi) is 4.38. The second-order valence-electron chi connectivity index (χ2n) is 7.62. The van der Waals surface area contributed by atoms with Crippen LogP contribution in [0.25, 0.3) is 0 Å². The van der Waals surface area contributed by atoms with E-state index in [4.69, 9.17) is 18.8 Å². The fourth-order valence-corrected chi connectivity index (χ4v) is 2.55. The first kappa shape index (κ1) is 17.3. The largest absolute Gasteiger partial charge is 0.494 e. The smallest absolute Gasteiger partial charge is 0.493 e. The average molecular weight is 332 g/mol. The highest BCUT2D eigenvalue weighted by Crippen LogP contribution is 2.37. The molecule has 24 heavy (non-hydrogen) atoms. The van der Waals surface area contributed by atoms with E-state index >= 15 is 0 Å². The normalized spacial score (nSPS) is 21.6. The summed E-state index contributed by atoms with van der Waals surface area (Å²) in [6, 6.07) is 5.35. The van der Waals surface area contributed by atoms with Crippen molar-refractivity contribution in [2.75, 3.05) is 13.7 Å². The van der Waals surface area contributed by atoms with Crippen LogP contribution >= 0.6 is 0 Å². The monoisotopic (exact) mass is 332 g/mol. The minimum atomic E-state index is -0.539. The van der Waals surface area contributed by atoms with Crippen molar-refractivity contribution in [2.24, 2.45) is 5.92 Å². The SMILES string of the molecule is COC(=O)c1cc(OCC2CC2)cc(B2OC(C)(C)C(C)(C)O2)c1. The summed E-state index contributed by atoms with van der Waals surface area (Å²) in [5.74, 6) is 0.881. The van der Waals surface area contributed by atoms with E-state index in [2.05, 4.69) is 0 Å². The van der Waals surface area contributed by atoms with Gasteiger partial charge in [-0.15, -0.1) is 0 Å². The Labute approximate surface area is 143 Å². The Morgan fingerprint density at radius 2 is 1.79 bits per heavy atom. The van der Waals surface area contributed by atoms with E-state index in [-0.39, 0.29) is 0 Å². The van der Waals surface area contributed by atoms with Gasteiger partial charge in [-0.05, 0) is 70.1 Å². The second kappa shape index (κ2) is 6.08. The maximum absolute atomic E-state index is 12.0. The number of benzene rings is 1. The lowest BCUT2D eigenvalue weighted by Gasteiger charge is -2.32. The van der Waals surface area contributed by atoms with Crippen LogP contribution in [0.1, 0.15) is 50.9 Å². The van der Waals surface area contributed by atoms with Crippen LogP contribution in [0.4, 0.5) is 0 Å². The zero-order valence-corrected chi connectivity index (χ0v) is 15.0. The summed E-state index contributed by atoms with van der Waals surface area (Å²) in [7, 11) is 0.831. The number of hydrogen-bond donors (Lipinski definition) is 0. The third kappa shape index (κ3) is 3.45. The maximum Gasteiger partial charge on any atom is 0.494 e. The topological polar surface area (TPSA) is 54.0 Å². The van der Waals surface area contributed by atoms with Crippen LogP contribution in [-0.2, 0) is 14.0 Å². The number of hydrogen-bond acceptors (Lipinski definition) is 5. The van der Waals surface area contributed by atoms with Crippen LogP contribution < -0.4 is 10.2 Å². The van der Waals surface area contributed by atoms with Crippen molar-refractivity contribution in [3.63, 3.8) is 0 Å². The molecule has 2 fully saturated rings. The highest BCUT2D eigenvalue weighted by atomic mass is 16.7.